The molecular formula is C13H23NO8S2. The summed E-state index contributed by atoms with van der Waals surface area (Å²) in [6, 6.07) is 0. The van der Waals surface area contributed by atoms with Crippen LogP contribution in [0.5, 0.6) is 0 Å². The van der Waals surface area contributed by atoms with Crippen molar-refractivity contribution >= 4 is 31.6 Å². The molecule has 0 fully saturated rings. The lowest BCUT2D eigenvalue weighted by atomic mass is 10.4. The Bertz CT molecular complexity index is 615. The fourth-order valence-electron chi connectivity index (χ4n) is 1.45. The first kappa shape index (κ1) is 22.5. The van der Waals surface area contributed by atoms with E-state index in [1.54, 1.807) is 4.90 Å². The van der Waals surface area contributed by atoms with Crippen LogP contribution in [-0.2, 0) is 38.7 Å². The average Bonchev–Trinajstić information content (AvgIpc) is 2.45. The van der Waals surface area contributed by atoms with Crippen LogP contribution in [0.1, 0.15) is 0 Å². The zero-order chi connectivity index (χ0) is 18.8. The maximum Gasteiger partial charge on any atom is 0.331 e. The molecule has 24 heavy (non-hydrogen) atoms. The van der Waals surface area contributed by atoms with Gasteiger partial charge in [0.15, 0.2) is 0 Å². The van der Waals surface area contributed by atoms with Crippen molar-refractivity contribution in [3.63, 3.8) is 0 Å². The lowest BCUT2D eigenvalue weighted by Crippen LogP contribution is -2.36. The number of methoxy groups -OCH3 is 1. The SMILES string of the molecule is COC(=O)C=CC(=O)OCCN(CCS(C)(=O)=O)CCS(C)(=O)=O. The van der Waals surface area contributed by atoms with Crippen LogP contribution in [0, 0.1) is 0 Å². The van der Waals surface area contributed by atoms with Gasteiger partial charge in [0, 0.05) is 44.3 Å². The quantitative estimate of drug-likeness (QED) is 0.313. The van der Waals surface area contributed by atoms with Gasteiger partial charge < -0.3 is 9.47 Å². The maximum atomic E-state index is 11.4. The van der Waals surface area contributed by atoms with Gasteiger partial charge in [-0.3, -0.25) is 4.90 Å². The van der Waals surface area contributed by atoms with Crippen LogP contribution >= 0.6 is 0 Å². The monoisotopic (exact) mass is 385 g/mol. The first-order valence-electron chi connectivity index (χ1n) is 6.93. The molecular weight excluding hydrogens is 362 g/mol. The molecule has 9 nitrogen and oxygen atoms in total. The van der Waals surface area contributed by atoms with Gasteiger partial charge in [-0.1, -0.05) is 0 Å². The molecule has 11 heteroatoms. The van der Waals surface area contributed by atoms with E-state index in [9.17, 15) is 26.4 Å². The Hall–Kier alpha value is -1.46. The highest BCUT2D eigenvalue weighted by Gasteiger charge is 2.13. The number of sulfone groups is 2. The maximum absolute atomic E-state index is 11.4. The van der Waals surface area contributed by atoms with Crippen molar-refractivity contribution in [2.24, 2.45) is 0 Å². The van der Waals surface area contributed by atoms with E-state index < -0.39 is 31.6 Å². The number of carbonyl (C=O) groups excluding carboxylic acids is 2. The highest BCUT2D eigenvalue weighted by atomic mass is 32.2. The molecule has 0 aliphatic heterocycles. The van der Waals surface area contributed by atoms with E-state index in [0.29, 0.717) is 0 Å². The van der Waals surface area contributed by atoms with Crippen molar-refractivity contribution in [3.05, 3.63) is 12.2 Å². The van der Waals surface area contributed by atoms with Crippen LogP contribution in [0.2, 0.25) is 0 Å². The van der Waals surface area contributed by atoms with Crippen molar-refractivity contribution in [1.82, 2.24) is 4.90 Å². The number of nitrogens with zero attached hydrogens (tertiary/aromatic N) is 1. The molecule has 0 aliphatic carbocycles. The predicted octanol–water partition coefficient (Wildman–Crippen LogP) is -1.35. The Morgan fingerprint density at radius 2 is 1.33 bits per heavy atom. The summed E-state index contributed by atoms with van der Waals surface area (Å²) in [5, 5.41) is 0. The van der Waals surface area contributed by atoms with E-state index in [4.69, 9.17) is 4.74 Å². The Morgan fingerprint density at radius 1 is 0.875 bits per heavy atom. The van der Waals surface area contributed by atoms with Crippen molar-refractivity contribution in [2.45, 2.75) is 0 Å². The standard InChI is InChI=1S/C13H23NO8S2/c1-21-12(15)4-5-13(16)22-9-6-14(7-10-23(2,17)18)8-11-24(3,19)20/h4-5H,6-11H2,1-3H3. The summed E-state index contributed by atoms with van der Waals surface area (Å²) >= 11 is 0. The van der Waals surface area contributed by atoms with Crippen LogP contribution < -0.4 is 0 Å². The first-order valence-corrected chi connectivity index (χ1v) is 11.1. The molecule has 0 amide bonds. The van der Waals surface area contributed by atoms with E-state index in [0.717, 1.165) is 24.7 Å². The van der Waals surface area contributed by atoms with Gasteiger partial charge in [-0.25, -0.2) is 26.4 Å². The van der Waals surface area contributed by atoms with Crippen molar-refractivity contribution in [1.29, 1.82) is 0 Å². The Balaban J connectivity index is 4.45. The molecule has 0 atom stereocenters. The Labute approximate surface area is 142 Å². The smallest absolute Gasteiger partial charge is 0.331 e. The topological polar surface area (TPSA) is 124 Å². The minimum atomic E-state index is -3.20. The molecule has 0 rings (SSSR count). The molecule has 0 saturated heterocycles. The minimum absolute atomic E-state index is 0.0716. The van der Waals surface area contributed by atoms with Gasteiger partial charge in [-0.15, -0.1) is 0 Å². The van der Waals surface area contributed by atoms with E-state index in [1.807, 2.05) is 0 Å². The van der Waals surface area contributed by atoms with Gasteiger partial charge >= 0.3 is 11.9 Å². The summed E-state index contributed by atoms with van der Waals surface area (Å²) in [4.78, 5) is 23.8. The van der Waals surface area contributed by atoms with Gasteiger partial charge in [-0.2, -0.15) is 0 Å². The second-order valence-corrected chi connectivity index (χ2v) is 9.64. The molecule has 0 heterocycles. The third-order valence-electron chi connectivity index (χ3n) is 2.77. The summed E-state index contributed by atoms with van der Waals surface area (Å²) in [7, 11) is -5.23. The van der Waals surface area contributed by atoms with E-state index in [-0.39, 0.29) is 37.7 Å². The van der Waals surface area contributed by atoms with Crippen molar-refractivity contribution in [2.75, 3.05) is 57.4 Å². The van der Waals surface area contributed by atoms with Gasteiger partial charge in [0.1, 0.15) is 26.3 Å². The average molecular weight is 385 g/mol. The molecule has 0 aromatic carbocycles. The van der Waals surface area contributed by atoms with E-state index in [2.05, 4.69) is 4.74 Å². The fraction of sp³-hybridized carbons (Fsp3) is 0.692. The molecule has 140 valence electrons. The van der Waals surface area contributed by atoms with E-state index >= 15 is 0 Å². The first-order chi connectivity index (χ1) is 10.9. The van der Waals surface area contributed by atoms with Gasteiger partial charge in [-0.05, 0) is 0 Å². The minimum Gasteiger partial charge on any atom is -0.466 e. The lowest BCUT2D eigenvalue weighted by molar-refractivity contribution is -0.139. The Kier molecular flexibility index (Phi) is 9.78. The molecule has 0 bridgehead atoms. The molecule has 0 spiro atoms. The number of rotatable bonds is 11. The predicted molar refractivity (Wildman–Crippen MR) is 88.0 cm³/mol. The van der Waals surface area contributed by atoms with Crippen LogP contribution in [0.25, 0.3) is 0 Å². The largest absolute Gasteiger partial charge is 0.466 e. The summed E-state index contributed by atoms with van der Waals surface area (Å²) in [6.45, 7) is 0.356. The van der Waals surface area contributed by atoms with Gasteiger partial charge in [0.2, 0.25) is 0 Å². The van der Waals surface area contributed by atoms with Crippen molar-refractivity contribution in [3.8, 4) is 0 Å². The fourth-order valence-corrected chi connectivity index (χ4v) is 2.63. The zero-order valence-corrected chi connectivity index (χ0v) is 15.6. The van der Waals surface area contributed by atoms with Crippen LogP contribution in [0.15, 0.2) is 12.2 Å². The number of carbonyl (C=O) groups is 2. The van der Waals surface area contributed by atoms with Gasteiger partial charge in [0.25, 0.3) is 0 Å². The van der Waals surface area contributed by atoms with Crippen LogP contribution in [-0.4, -0.2) is 91.0 Å². The highest BCUT2D eigenvalue weighted by molar-refractivity contribution is 7.90. The Morgan fingerprint density at radius 3 is 1.75 bits per heavy atom. The third-order valence-corrected chi connectivity index (χ3v) is 4.61. The molecule has 0 aliphatic rings. The summed E-state index contributed by atoms with van der Waals surface area (Å²) in [5.41, 5.74) is 0. The lowest BCUT2D eigenvalue weighted by Gasteiger charge is -2.21. The summed E-state index contributed by atoms with van der Waals surface area (Å²) in [5.74, 6) is -1.72. The second-order valence-electron chi connectivity index (χ2n) is 5.13. The molecule has 0 unspecified atom stereocenters. The number of hydrogen-bond acceptors (Lipinski definition) is 9. The second kappa shape index (κ2) is 10.4. The zero-order valence-electron chi connectivity index (χ0n) is 13.9. The summed E-state index contributed by atoms with van der Waals surface area (Å²) < 4.78 is 54.0. The normalized spacial score (nSPS) is 12.5. The molecule has 0 aromatic rings. The number of hydrogen-bond donors (Lipinski definition) is 0. The highest BCUT2D eigenvalue weighted by Crippen LogP contribution is 1.96. The van der Waals surface area contributed by atoms with Crippen LogP contribution in [0.3, 0.4) is 0 Å². The number of esters is 2. The third kappa shape index (κ3) is 14.2. The summed E-state index contributed by atoms with van der Waals surface area (Å²) in [6.07, 6.45) is 3.98. The van der Waals surface area contributed by atoms with Gasteiger partial charge in [0.05, 0.1) is 18.6 Å². The molecule has 0 saturated carbocycles. The molecule has 0 radical (unpaired) electrons. The molecule has 0 N–H and O–H groups in total. The molecule has 0 aromatic heterocycles. The van der Waals surface area contributed by atoms with Crippen LogP contribution in [0.4, 0.5) is 0 Å². The van der Waals surface area contributed by atoms with E-state index in [1.165, 1.54) is 7.11 Å². The number of ether oxygens (including phenoxy) is 2. The van der Waals surface area contributed by atoms with Crippen molar-refractivity contribution < 1.29 is 35.9 Å².